The molecule has 0 aromatic carbocycles. The molecule has 0 amide bonds. The maximum atomic E-state index is 5.84. The Balaban J connectivity index is 2.21. The van der Waals surface area contributed by atoms with Crippen LogP contribution < -0.4 is 10.2 Å². The summed E-state index contributed by atoms with van der Waals surface area (Å²) in [5.41, 5.74) is 1.10. The van der Waals surface area contributed by atoms with Crippen molar-refractivity contribution in [3.63, 3.8) is 0 Å². The van der Waals surface area contributed by atoms with Crippen LogP contribution in [0.5, 0.6) is 0 Å². The largest absolute Gasteiger partial charge is 0.376 e. The molecule has 1 aromatic heterocycles. The van der Waals surface area contributed by atoms with Crippen LogP contribution in [0, 0.1) is 6.92 Å². The van der Waals surface area contributed by atoms with Gasteiger partial charge in [0.05, 0.1) is 6.10 Å². The summed E-state index contributed by atoms with van der Waals surface area (Å²) in [4.78, 5) is 11.6. The molecule has 1 N–H and O–H groups in total. The van der Waals surface area contributed by atoms with E-state index in [4.69, 9.17) is 9.72 Å². The van der Waals surface area contributed by atoms with Crippen LogP contribution in [0.25, 0.3) is 0 Å². The normalized spacial score (nSPS) is 18.9. The lowest BCUT2D eigenvalue weighted by Crippen LogP contribution is -2.34. The number of hydrogen-bond donors (Lipinski definition) is 1. The van der Waals surface area contributed by atoms with Gasteiger partial charge in [-0.25, -0.2) is 9.97 Å². The van der Waals surface area contributed by atoms with E-state index in [1.807, 2.05) is 7.05 Å². The second kappa shape index (κ2) is 7.07. The van der Waals surface area contributed by atoms with Crippen LogP contribution in [0.3, 0.4) is 0 Å². The third kappa shape index (κ3) is 3.84. The van der Waals surface area contributed by atoms with Gasteiger partial charge in [-0.15, -0.1) is 0 Å². The van der Waals surface area contributed by atoms with Gasteiger partial charge in [0.1, 0.15) is 17.5 Å². The summed E-state index contributed by atoms with van der Waals surface area (Å²) in [6.45, 7) is 8.10. The van der Waals surface area contributed by atoms with Crippen molar-refractivity contribution in [2.24, 2.45) is 0 Å². The highest BCUT2D eigenvalue weighted by molar-refractivity contribution is 5.58. The predicted octanol–water partition coefficient (Wildman–Crippen LogP) is 2.96. The molecule has 1 aliphatic heterocycles. The van der Waals surface area contributed by atoms with Crippen LogP contribution in [0.2, 0.25) is 0 Å². The van der Waals surface area contributed by atoms with Crippen LogP contribution in [0.15, 0.2) is 0 Å². The summed E-state index contributed by atoms with van der Waals surface area (Å²) >= 11 is 0. The molecule has 1 aromatic rings. The molecular formula is C16H28N4O. The monoisotopic (exact) mass is 292 g/mol. The molecule has 1 unspecified atom stereocenters. The van der Waals surface area contributed by atoms with Gasteiger partial charge in [0.2, 0.25) is 0 Å². The van der Waals surface area contributed by atoms with E-state index in [2.05, 4.69) is 43.0 Å². The number of nitrogens with zero attached hydrogens (tertiary/aromatic N) is 3. The van der Waals surface area contributed by atoms with Gasteiger partial charge in [0, 0.05) is 38.7 Å². The van der Waals surface area contributed by atoms with Crippen LogP contribution >= 0.6 is 0 Å². The van der Waals surface area contributed by atoms with E-state index in [1.54, 1.807) is 0 Å². The first kappa shape index (κ1) is 16.0. The first-order valence-corrected chi connectivity index (χ1v) is 7.92. The van der Waals surface area contributed by atoms with E-state index < -0.39 is 0 Å². The van der Waals surface area contributed by atoms with E-state index >= 15 is 0 Å². The van der Waals surface area contributed by atoms with Crippen molar-refractivity contribution in [3.8, 4) is 0 Å². The lowest BCUT2D eigenvalue weighted by molar-refractivity contribution is 0.0215. The minimum Gasteiger partial charge on any atom is -0.376 e. The van der Waals surface area contributed by atoms with Crippen molar-refractivity contribution < 1.29 is 4.74 Å². The molecular weight excluding hydrogens is 264 g/mol. The fourth-order valence-corrected chi connectivity index (χ4v) is 2.74. The third-order valence-electron chi connectivity index (χ3n) is 4.00. The molecule has 0 radical (unpaired) electrons. The van der Waals surface area contributed by atoms with E-state index in [-0.39, 0.29) is 0 Å². The second-order valence-corrected chi connectivity index (χ2v) is 6.15. The van der Waals surface area contributed by atoms with Gasteiger partial charge in [-0.1, -0.05) is 13.8 Å². The number of hydrogen-bond acceptors (Lipinski definition) is 5. The Kier molecular flexibility index (Phi) is 5.39. The number of likely N-dealkylation sites (N-methyl/N-ethyl adjacent to an activating group) is 1. The van der Waals surface area contributed by atoms with Crippen molar-refractivity contribution >= 4 is 11.6 Å². The molecule has 0 saturated carbocycles. The maximum absolute atomic E-state index is 5.84. The lowest BCUT2D eigenvalue weighted by atomic mass is 10.1. The number of aromatic nitrogens is 2. The van der Waals surface area contributed by atoms with Gasteiger partial charge in [-0.05, 0) is 26.2 Å². The zero-order valence-electron chi connectivity index (χ0n) is 13.9. The molecule has 1 aliphatic rings. The van der Waals surface area contributed by atoms with Crippen molar-refractivity contribution in [2.75, 3.05) is 37.5 Å². The minimum atomic E-state index is 0.316. The Hall–Kier alpha value is -1.36. The summed E-state index contributed by atoms with van der Waals surface area (Å²) in [6.07, 6.45) is 3.91. The Morgan fingerprint density at radius 2 is 2.10 bits per heavy atom. The Morgan fingerprint density at radius 1 is 1.33 bits per heavy atom. The fourth-order valence-electron chi connectivity index (χ4n) is 2.74. The highest BCUT2D eigenvalue weighted by Gasteiger charge is 2.20. The molecule has 5 nitrogen and oxygen atoms in total. The highest BCUT2D eigenvalue weighted by atomic mass is 16.5. The van der Waals surface area contributed by atoms with Gasteiger partial charge < -0.3 is 15.0 Å². The molecule has 5 heteroatoms. The average molecular weight is 292 g/mol. The highest BCUT2D eigenvalue weighted by Crippen LogP contribution is 2.26. The number of nitrogens with one attached hydrogen (secondary N) is 1. The Bertz CT molecular complexity index is 470. The minimum absolute atomic E-state index is 0.316. The van der Waals surface area contributed by atoms with Gasteiger partial charge in [0.15, 0.2) is 0 Å². The average Bonchev–Trinajstić information content (AvgIpc) is 2.48. The van der Waals surface area contributed by atoms with E-state index in [0.717, 1.165) is 42.6 Å². The molecule has 0 spiro atoms. The summed E-state index contributed by atoms with van der Waals surface area (Å²) < 4.78 is 5.84. The molecule has 0 aliphatic carbocycles. The maximum Gasteiger partial charge on any atom is 0.137 e. The van der Waals surface area contributed by atoms with E-state index in [9.17, 15) is 0 Å². The molecule has 1 atom stereocenters. The Morgan fingerprint density at radius 3 is 2.67 bits per heavy atom. The topological polar surface area (TPSA) is 50.3 Å². The second-order valence-electron chi connectivity index (χ2n) is 6.15. The summed E-state index contributed by atoms with van der Waals surface area (Å²) in [5.74, 6) is 3.12. The quantitative estimate of drug-likeness (QED) is 0.904. The first-order chi connectivity index (χ1) is 10.0. The van der Waals surface area contributed by atoms with Crippen LogP contribution in [-0.2, 0) is 4.74 Å². The van der Waals surface area contributed by atoms with E-state index in [0.29, 0.717) is 12.0 Å². The molecule has 2 rings (SSSR count). The molecule has 21 heavy (non-hydrogen) atoms. The first-order valence-electron chi connectivity index (χ1n) is 7.92. The van der Waals surface area contributed by atoms with Gasteiger partial charge in [0.25, 0.3) is 0 Å². The fraction of sp³-hybridized carbons (Fsp3) is 0.750. The summed E-state index contributed by atoms with van der Waals surface area (Å²) in [6, 6.07) is 0. The molecule has 118 valence electrons. The van der Waals surface area contributed by atoms with Gasteiger partial charge in [-0.2, -0.15) is 0 Å². The smallest absolute Gasteiger partial charge is 0.137 e. The number of rotatable bonds is 5. The van der Waals surface area contributed by atoms with Crippen LogP contribution in [0.1, 0.15) is 50.4 Å². The lowest BCUT2D eigenvalue weighted by Gasteiger charge is -2.29. The van der Waals surface area contributed by atoms with Crippen molar-refractivity contribution in [1.82, 2.24) is 9.97 Å². The van der Waals surface area contributed by atoms with Crippen molar-refractivity contribution in [2.45, 2.75) is 52.1 Å². The van der Waals surface area contributed by atoms with E-state index in [1.165, 1.54) is 12.8 Å². The van der Waals surface area contributed by atoms with Gasteiger partial charge >= 0.3 is 0 Å². The number of anilines is 2. The van der Waals surface area contributed by atoms with Crippen molar-refractivity contribution in [1.29, 1.82) is 0 Å². The Labute approximate surface area is 128 Å². The summed E-state index contributed by atoms with van der Waals surface area (Å²) in [5, 5.41) is 3.18. The standard InChI is InChI=1S/C16H28N4O/c1-11(2)14-18-15(17-4)12(3)16(19-14)20(5)10-13-8-6-7-9-21-13/h11,13H,6-10H2,1-5H3,(H,17,18,19). The van der Waals surface area contributed by atoms with Crippen LogP contribution in [0.4, 0.5) is 11.6 Å². The number of ether oxygens (including phenoxy) is 1. The zero-order chi connectivity index (χ0) is 15.4. The SMILES string of the molecule is CNc1nc(C(C)C)nc(N(C)CC2CCCCO2)c1C. The zero-order valence-corrected chi connectivity index (χ0v) is 13.9. The predicted molar refractivity (Wildman–Crippen MR) is 87.3 cm³/mol. The third-order valence-corrected chi connectivity index (χ3v) is 4.00. The molecule has 1 fully saturated rings. The molecule has 2 heterocycles. The molecule has 1 saturated heterocycles. The molecule has 0 bridgehead atoms. The van der Waals surface area contributed by atoms with Crippen LogP contribution in [-0.4, -0.2) is 43.3 Å². The van der Waals surface area contributed by atoms with Crippen molar-refractivity contribution in [3.05, 3.63) is 11.4 Å². The van der Waals surface area contributed by atoms with Gasteiger partial charge in [-0.3, -0.25) is 0 Å². The summed E-state index contributed by atoms with van der Waals surface area (Å²) in [7, 11) is 4.00.